The minimum absolute atomic E-state index is 0.100. The number of fused-ring (bicyclic) bond motifs is 11. The highest BCUT2D eigenvalue weighted by atomic mass is 16.5. The van der Waals surface area contributed by atoms with Crippen molar-refractivity contribution in [1.29, 1.82) is 0 Å². The van der Waals surface area contributed by atoms with Gasteiger partial charge < -0.3 is 33.9 Å². The van der Waals surface area contributed by atoms with Crippen LogP contribution in [0.1, 0.15) is 90.9 Å². The summed E-state index contributed by atoms with van der Waals surface area (Å²) in [5.74, 6) is 3.10. The first kappa shape index (κ1) is 32.3. The lowest BCUT2D eigenvalue weighted by molar-refractivity contribution is -0.126. The van der Waals surface area contributed by atoms with Crippen LogP contribution in [0.3, 0.4) is 0 Å². The monoisotopic (exact) mass is 678 g/mol. The number of rotatable bonds is 2. The van der Waals surface area contributed by atoms with Gasteiger partial charge >= 0.3 is 0 Å². The number of benzene rings is 3. The molecule has 2 fully saturated rings. The zero-order valence-corrected chi connectivity index (χ0v) is 29.0. The van der Waals surface area contributed by atoms with Crippen molar-refractivity contribution in [3.05, 3.63) is 81.9 Å². The summed E-state index contributed by atoms with van der Waals surface area (Å²) in [6.07, 6.45) is 10.3. The average molecular weight is 679 g/mol. The summed E-state index contributed by atoms with van der Waals surface area (Å²) >= 11 is 0. The van der Waals surface area contributed by atoms with Gasteiger partial charge in [0.1, 0.15) is 58.4 Å². The number of Topliss-reactive ketones (excluding diaryl/α,β-unsaturated/α-hetero) is 2. The van der Waals surface area contributed by atoms with Crippen LogP contribution in [0.2, 0.25) is 0 Å². The molecule has 5 atom stereocenters. The van der Waals surface area contributed by atoms with Crippen LogP contribution in [0.15, 0.2) is 54.1 Å². The first-order chi connectivity index (χ1) is 23.9. The molecule has 9 rings (SSSR count). The molecule has 3 heterocycles. The van der Waals surface area contributed by atoms with E-state index in [1.54, 1.807) is 25.3 Å². The lowest BCUT2D eigenvalue weighted by Gasteiger charge is -2.43. The maximum atomic E-state index is 13.6. The number of allylic oxidation sites excluding steroid dienone is 2. The third kappa shape index (κ3) is 4.95. The highest BCUT2D eigenvalue weighted by Crippen LogP contribution is 2.58. The first-order valence-electron chi connectivity index (χ1n) is 17.3. The number of phenols is 2. The van der Waals surface area contributed by atoms with Gasteiger partial charge in [0.15, 0.2) is 17.3 Å². The molecule has 9 nitrogen and oxygen atoms in total. The molecule has 0 radical (unpaired) electrons. The van der Waals surface area contributed by atoms with E-state index in [0.717, 1.165) is 32.1 Å². The molecule has 9 heteroatoms. The molecule has 3 aliphatic heterocycles. The number of phenolic OH excluding ortho intramolecular Hbond substituents is 2. The fourth-order valence-corrected chi connectivity index (χ4v) is 9.00. The van der Waals surface area contributed by atoms with Crippen LogP contribution < -0.4 is 23.7 Å². The van der Waals surface area contributed by atoms with Gasteiger partial charge in [-0.3, -0.25) is 9.59 Å². The van der Waals surface area contributed by atoms with Gasteiger partial charge in [-0.05, 0) is 86.9 Å². The number of hydrogen-bond acceptors (Lipinski definition) is 9. The van der Waals surface area contributed by atoms with Crippen LogP contribution in [-0.4, -0.2) is 54.3 Å². The smallest absolute Gasteiger partial charge is 0.181 e. The summed E-state index contributed by atoms with van der Waals surface area (Å²) in [5, 5.41) is 20.3. The number of carbonyl (C=O) groups excluding carboxylic acids is 2. The van der Waals surface area contributed by atoms with E-state index in [-0.39, 0.29) is 29.1 Å². The van der Waals surface area contributed by atoms with Gasteiger partial charge in [-0.15, -0.1) is 0 Å². The highest BCUT2D eigenvalue weighted by Gasteiger charge is 2.52. The molecule has 3 aromatic carbocycles. The van der Waals surface area contributed by atoms with E-state index < -0.39 is 17.6 Å². The predicted molar refractivity (Wildman–Crippen MR) is 186 cm³/mol. The molecule has 5 unspecified atom stereocenters. The van der Waals surface area contributed by atoms with Crippen LogP contribution in [0, 0.1) is 11.3 Å². The quantitative estimate of drug-likeness (QED) is 0.266. The summed E-state index contributed by atoms with van der Waals surface area (Å²) in [6, 6.07) is 10.7. The largest absolute Gasteiger partial charge is 0.508 e. The van der Waals surface area contributed by atoms with E-state index in [0.29, 0.717) is 63.2 Å². The van der Waals surface area contributed by atoms with Gasteiger partial charge in [0.05, 0.1) is 25.7 Å². The van der Waals surface area contributed by atoms with Gasteiger partial charge in [0.25, 0.3) is 0 Å². The van der Waals surface area contributed by atoms with Gasteiger partial charge in [-0.1, -0.05) is 24.6 Å². The third-order valence-corrected chi connectivity index (χ3v) is 11.6. The minimum Gasteiger partial charge on any atom is -0.508 e. The topological polar surface area (TPSA) is 121 Å². The molecular weight excluding hydrogens is 636 g/mol. The number of ether oxygens (including phenoxy) is 5. The second-order valence-corrected chi connectivity index (χ2v) is 14.9. The highest BCUT2D eigenvalue weighted by molar-refractivity contribution is 6.08. The Morgan fingerprint density at radius 3 is 2.48 bits per heavy atom. The Morgan fingerprint density at radius 1 is 0.920 bits per heavy atom. The first-order valence-corrected chi connectivity index (χ1v) is 17.3. The van der Waals surface area contributed by atoms with Crippen LogP contribution >= 0.6 is 0 Å². The van der Waals surface area contributed by atoms with E-state index >= 15 is 0 Å². The van der Waals surface area contributed by atoms with Crippen molar-refractivity contribution >= 4 is 17.6 Å². The molecule has 2 N–H and O–H groups in total. The summed E-state index contributed by atoms with van der Waals surface area (Å²) in [7, 11) is 3.07. The van der Waals surface area contributed by atoms with Gasteiger partial charge in [-0.2, -0.15) is 0 Å². The average Bonchev–Trinajstić information content (AvgIpc) is 3.40. The molecule has 3 aromatic rings. The SMILES string of the molecule is CC12CCC3C(=CCc4cc(O)ccc43)C1CCC2=O.COc1cc2c(cc1OC)C1C(=O)c3c(O)cc4c(c3OC1CO2)C=CC(C)(C)O4. The van der Waals surface area contributed by atoms with Crippen molar-refractivity contribution in [2.24, 2.45) is 11.3 Å². The number of ketones is 2. The molecule has 0 bridgehead atoms. The standard InChI is InChI=1S/C23H22O7.C18H20O2/c1-23(2)6-5-11-15(30-23)8-13(24)20-21(25)19-12-7-16(26-3)17(27-4)9-14(12)28-10-18(19)29-22(11)20;1-18-9-8-14-13-5-3-12(19)10-11(13)2-4-15(14)16(18)6-7-17(18)20/h5-9,18-19,24H,10H2,1-4H3;3-5,10,14,16,19H,2,6-9H2,1H3. The summed E-state index contributed by atoms with van der Waals surface area (Å²) in [4.78, 5) is 25.8. The lowest BCUT2D eigenvalue weighted by Crippen LogP contribution is -2.43. The molecule has 0 saturated heterocycles. The Balaban J connectivity index is 0.000000156. The second-order valence-electron chi connectivity index (χ2n) is 14.9. The number of aromatic hydroxyl groups is 2. The summed E-state index contributed by atoms with van der Waals surface area (Å²) in [6.45, 7) is 6.20. The lowest BCUT2D eigenvalue weighted by atomic mass is 9.60. The van der Waals surface area contributed by atoms with Crippen molar-refractivity contribution in [2.75, 3.05) is 20.8 Å². The van der Waals surface area contributed by atoms with Crippen molar-refractivity contribution in [2.45, 2.75) is 76.4 Å². The van der Waals surface area contributed by atoms with Gasteiger partial charge in [0, 0.05) is 35.4 Å². The normalized spacial score (nSPS) is 27.4. The summed E-state index contributed by atoms with van der Waals surface area (Å²) < 4.78 is 28.8. The van der Waals surface area contributed by atoms with Crippen molar-refractivity contribution in [1.82, 2.24) is 0 Å². The maximum Gasteiger partial charge on any atom is 0.181 e. The Bertz CT molecular complexity index is 2010. The van der Waals surface area contributed by atoms with E-state index in [1.807, 2.05) is 32.1 Å². The molecule has 50 heavy (non-hydrogen) atoms. The van der Waals surface area contributed by atoms with E-state index in [1.165, 1.54) is 29.9 Å². The fourth-order valence-electron chi connectivity index (χ4n) is 9.00. The molecule has 3 aliphatic carbocycles. The molecule has 2 saturated carbocycles. The zero-order valence-electron chi connectivity index (χ0n) is 29.0. The van der Waals surface area contributed by atoms with E-state index in [2.05, 4.69) is 19.1 Å². The number of carbonyl (C=O) groups is 2. The van der Waals surface area contributed by atoms with Crippen molar-refractivity contribution in [3.8, 4) is 40.2 Å². The molecule has 260 valence electrons. The Morgan fingerprint density at radius 2 is 1.70 bits per heavy atom. The van der Waals surface area contributed by atoms with E-state index in [9.17, 15) is 19.8 Å². The molecular formula is C41H42O9. The van der Waals surface area contributed by atoms with Gasteiger partial charge in [-0.25, -0.2) is 0 Å². The fraction of sp³-hybridized carbons (Fsp3) is 0.415. The molecule has 6 aliphatic rings. The Hall–Kier alpha value is -4.92. The summed E-state index contributed by atoms with van der Waals surface area (Å²) in [5.41, 5.74) is 4.96. The second kappa shape index (κ2) is 11.6. The molecule has 0 spiro atoms. The number of hydrogen-bond donors (Lipinski definition) is 2. The van der Waals surface area contributed by atoms with Gasteiger partial charge in [0.2, 0.25) is 0 Å². The maximum absolute atomic E-state index is 13.6. The zero-order chi connectivity index (χ0) is 35.1. The van der Waals surface area contributed by atoms with Crippen LogP contribution in [0.25, 0.3) is 6.08 Å². The molecule has 0 amide bonds. The predicted octanol–water partition coefficient (Wildman–Crippen LogP) is 7.45. The third-order valence-electron chi connectivity index (χ3n) is 11.6. The Labute approximate surface area is 291 Å². The van der Waals surface area contributed by atoms with Crippen molar-refractivity contribution < 1.29 is 43.5 Å². The van der Waals surface area contributed by atoms with Crippen molar-refractivity contribution in [3.63, 3.8) is 0 Å². The number of methoxy groups -OCH3 is 2. The molecule has 0 aromatic heterocycles. The van der Waals surface area contributed by atoms with Crippen LogP contribution in [-0.2, 0) is 11.2 Å². The minimum atomic E-state index is -0.630. The van der Waals surface area contributed by atoms with E-state index in [4.69, 9.17) is 23.7 Å². The van der Waals surface area contributed by atoms with Crippen LogP contribution in [0.4, 0.5) is 0 Å². The Kier molecular flexibility index (Phi) is 7.47. The van der Waals surface area contributed by atoms with Crippen LogP contribution in [0.5, 0.6) is 40.2 Å².